The van der Waals surface area contributed by atoms with Gasteiger partial charge in [0.05, 0.1) is 6.61 Å². The summed E-state index contributed by atoms with van der Waals surface area (Å²) < 4.78 is 5.68. The van der Waals surface area contributed by atoms with Crippen LogP contribution in [0.3, 0.4) is 0 Å². The Morgan fingerprint density at radius 2 is 1.79 bits per heavy atom. The molecule has 86 valence electrons. The molecule has 0 radical (unpaired) electrons. The quantitative estimate of drug-likeness (QED) is 0.529. The average Bonchev–Trinajstić information content (AvgIpc) is 2.01. The van der Waals surface area contributed by atoms with Gasteiger partial charge in [0.15, 0.2) is 0 Å². The maximum Gasteiger partial charge on any atom is 0.0507 e. The third kappa shape index (κ3) is 6.72. The van der Waals surface area contributed by atoms with Gasteiger partial charge in [-0.3, -0.25) is 0 Å². The van der Waals surface area contributed by atoms with Crippen LogP contribution in [0.15, 0.2) is 0 Å². The lowest BCUT2D eigenvalue weighted by molar-refractivity contribution is 0.0605. The molecule has 0 aliphatic carbocycles. The molecule has 0 saturated carbocycles. The third-order valence-corrected chi connectivity index (χ3v) is 3.04. The summed E-state index contributed by atoms with van der Waals surface area (Å²) in [5, 5.41) is 0. The zero-order valence-corrected chi connectivity index (χ0v) is 11.2. The maximum absolute atomic E-state index is 5.68. The van der Waals surface area contributed by atoms with Gasteiger partial charge in [0.1, 0.15) is 0 Å². The molecule has 0 amide bonds. The molecule has 0 aliphatic heterocycles. The van der Waals surface area contributed by atoms with Gasteiger partial charge in [-0.1, -0.05) is 34.6 Å². The molecule has 0 aromatic carbocycles. The predicted molar refractivity (Wildman–Crippen MR) is 67.1 cm³/mol. The Labute approximate surface area is 95.0 Å². The van der Waals surface area contributed by atoms with Crippen LogP contribution in [0.4, 0.5) is 0 Å². The van der Waals surface area contributed by atoms with E-state index < -0.39 is 0 Å². The highest BCUT2D eigenvalue weighted by Gasteiger charge is 2.23. The zero-order chi connectivity index (χ0) is 11.2. The Bertz CT molecular complexity index is 138. The molecule has 0 bridgehead atoms. The van der Waals surface area contributed by atoms with Gasteiger partial charge in [0.25, 0.3) is 0 Å². The highest BCUT2D eigenvalue weighted by atomic mass is 32.1. The van der Waals surface area contributed by atoms with E-state index in [1.807, 2.05) is 0 Å². The van der Waals surface area contributed by atoms with Gasteiger partial charge in [0, 0.05) is 6.61 Å². The minimum absolute atomic E-state index is 0.305. The number of thiol groups is 1. The maximum atomic E-state index is 5.68. The molecular formula is C12H26OS. The van der Waals surface area contributed by atoms with Gasteiger partial charge in [-0.05, 0) is 29.4 Å². The lowest BCUT2D eigenvalue weighted by atomic mass is 9.82. The summed E-state index contributed by atoms with van der Waals surface area (Å²) in [6.45, 7) is 12.9. The molecule has 0 aromatic rings. The van der Waals surface area contributed by atoms with E-state index in [1.54, 1.807) is 0 Å². The summed E-state index contributed by atoms with van der Waals surface area (Å²) in [4.78, 5) is 0. The first kappa shape index (κ1) is 14.3. The number of hydrogen-bond acceptors (Lipinski definition) is 2. The van der Waals surface area contributed by atoms with Crippen LogP contribution in [0, 0.1) is 17.3 Å². The van der Waals surface area contributed by atoms with Crippen LogP contribution >= 0.6 is 12.6 Å². The lowest BCUT2D eigenvalue weighted by Crippen LogP contribution is -2.27. The van der Waals surface area contributed by atoms with E-state index in [-0.39, 0.29) is 0 Å². The molecule has 1 unspecified atom stereocenters. The molecule has 0 aromatic heterocycles. The monoisotopic (exact) mass is 218 g/mol. The van der Waals surface area contributed by atoms with Gasteiger partial charge < -0.3 is 4.74 Å². The molecule has 0 N–H and O–H groups in total. The van der Waals surface area contributed by atoms with Crippen molar-refractivity contribution in [3.8, 4) is 0 Å². The molecule has 2 heteroatoms. The van der Waals surface area contributed by atoms with Gasteiger partial charge >= 0.3 is 0 Å². The second-order valence-electron chi connectivity index (χ2n) is 5.50. The summed E-state index contributed by atoms with van der Waals surface area (Å²) >= 11 is 4.37. The van der Waals surface area contributed by atoms with Crippen molar-refractivity contribution >= 4 is 12.6 Å². The summed E-state index contributed by atoms with van der Waals surface area (Å²) in [6, 6.07) is 0. The molecule has 0 heterocycles. The summed E-state index contributed by atoms with van der Waals surface area (Å²) in [5.74, 6) is 2.20. The lowest BCUT2D eigenvalue weighted by Gasteiger charge is -2.29. The van der Waals surface area contributed by atoms with Gasteiger partial charge in [-0.15, -0.1) is 0 Å². The third-order valence-electron chi connectivity index (χ3n) is 2.60. The molecular weight excluding hydrogens is 192 g/mol. The normalized spacial score (nSPS) is 14.8. The van der Waals surface area contributed by atoms with Crippen molar-refractivity contribution in [1.29, 1.82) is 0 Å². The Morgan fingerprint density at radius 1 is 1.21 bits per heavy atom. The molecule has 0 rings (SSSR count). The standard InChI is InChI=1S/C12H26OS/c1-10(2)6-7-13-8-11(9-14)12(3,4)5/h10-11,14H,6-9H2,1-5H3. The zero-order valence-electron chi connectivity index (χ0n) is 10.3. The van der Waals surface area contributed by atoms with Crippen LogP contribution in [0.2, 0.25) is 0 Å². The number of ether oxygens (including phenoxy) is 1. The first-order valence-corrected chi connectivity index (χ1v) is 6.19. The fraction of sp³-hybridized carbons (Fsp3) is 1.00. The van der Waals surface area contributed by atoms with E-state index in [4.69, 9.17) is 4.74 Å². The Kier molecular flexibility index (Phi) is 6.88. The van der Waals surface area contributed by atoms with Gasteiger partial charge in [0.2, 0.25) is 0 Å². The SMILES string of the molecule is CC(C)CCOCC(CS)C(C)(C)C. The largest absolute Gasteiger partial charge is 0.381 e. The first-order chi connectivity index (χ1) is 6.38. The number of hydrogen-bond donors (Lipinski definition) is 1. The smallest absolute Gasteiger partial charge is 0.0507 e. The molecule has 14 heavy (non-hydrogen) atoms. The molecule has 0 saturated heterocycles. The van der Waals surface area contributed by atoms with Gasteiger partial charge in [-0.2, -0.15) is 12.6 Å². The van der Waals surface area contributed by atoms with Crippen LogP contribution < -0.4 is 0 Å². The summed E-state index contributed by atoms with van der Waals surface area (Å²) in [6.07, 6.45) is 1.16. The number of rotatable bonds is 6. The molecule has 0 fully saturated rings. The van der Waals surface area contributed by atoms with Crippen LogP contribution in [0.25, 0.3) is 0 Å². The van der Waals surface area contributed by atoms with E-state index in [0.717, 1.165) is 31.3 Å². The molecule has 1 atom stereocenters. The van der Waals surface area contributed by atoms with E-state index in [9.17, 15) is 0 Å². The van der Waals surface area contributed by atoms with Crippen molar-refractivity contribution in [2.75, 3.05) is 19.0 Å². The van der Waals surface area contributed by atoms with Crippen molar-refractivity contribution < 1.29 is 4.74 Å². The minimum Gasteiger partial charge on any atom is -0.381 e. The fourth-order valence-corrected chi connectivity index (χ4v) is 1.77. The first-order valence-electron chi connectivity index (χ1n) is 5.56. The van der Waals surface area contributed by atoms with Crippen molar-refractivity contribution in [2.45, 2.75) is 41.0 Å². The highest BCUT2D eigenvalue weighted by molar-refractivity contribution is 7.80. The highest BCUT2D eigenvalue weighted by Crippen LogP contribution is 2.27. The average molecular weight is 218 g/mol. The summed E-state index contributed by atoms with van der Waals surface area (Å²) in [5.41, 5.74) is 0.305. The van der Waals surface area contributed by atoms with Crippen LogP contribution in [0.1, 0.15) is 41.0 Å². The molecule has 0 aliphatic rings. The topological polar surface area (TPSA) is 9.23 Å². The molecule has 1 nitrogen and oxygen atoms in total. The fourth-order valence-electron chi connectivity index (χ4n) is 1.12. The van der Waals surface area contributed by atoms with Crippen molar-refractivity contribution in [1.82, 2.24) is 0 Å². The van der Waals surface area contributed by atoms with Crippen molar-refractivity contribution in [2.24, 2.45) is 17.3 Å². The van der Waals surface area contributed by atoms with Crippen LogP contribution in [-0.4, -0.2) is 19.0 Å². The second-order valence-corrected chi connectivity index (χ2v) is 5.87. The Balaban J connectivity index is 3.64. The minimum atomic E-state index is 0.305. The Hall–Kier alpha value is 0.310. The van der Waals surface area contributed by atoms with E-state index in [0.29, 0.717) is 11.3 Å². The molecule has 0 spiro atoms. The summed E-state index contributed by atoms with van der Waals surface area (Å²) in [7, 11) is 0. The van der Waals surface area contributed by atoms with Gasteiger partial charge in [-0.25, -0.2) is 0 Å². The Morgan fingerprint density at radius 3 is 2.14 bits per heavy atom. The van der Waals surface area contributed by atoms with Crippen molar-refractivity contribution in [3.05, 3.63) is 0 Å². The van der Waals surface area contributed by atoms with E-state index in [1.165, 1.54) is 0 Å². The van der Waals surface area contributed by atoms with E-state index in [2.05, 4.69) is 47.2 Å². The second kappa shape index (κ2) is 6.73. The van der Waals surface area contributed by atoms with E-state index >= 15 is 0 Å². The van der Waals surface area contributed by atoms with Crippen LogP contribution in [0.5, 0.6) is 0 Å². The van der Waals surface area contributed by atoms with Crippen LogP contribution in [-0.2, 0) is 4.74 Å². The predicted octanol–water partition coefficient (Wildman–Crippen LogP) is 3.64. The van der Waals surface area contributed by atoms with Crippen molar-refractivity contribution in [3.63, 3.8) is 0 Å².